The maximum absolute atomic E-state index is 6.52. The molecular formula is C16H17Br2NO. The van der Waals surface area contributed by atoms with Crippen LogP contribution in [0.3, 0.4) is 0 Å². The summed E-state index contributed by atoms with van der Waals surface area (Å²) < 4.78 is 7.48. The van der Waals surface area contributed by atoms with Crippen molar-refractivity contribution in [3.63, 3.8) is 0 Å². The van der Waals surface area contributed by atoms with Gasteiger partial charge in [-0.25, -0.2) is 0 Å². The molecule has 2 aromatic rings. The van der Waals surface area contributed by atoms with Crippen LogP contribution in [-0.2, 0) is 12.0 Å². The molecule has 0 saturated carbocycles. The molecule has 0 aliphatic carbocycles. The summed E-state index contributed by atoms with van der Waals surface area (Å²) in [7, 11) is 1.68. The summed E-state index contributed by atoms with van der Waals surface area (Å²) >= 11 is 6.99. The highest BCUT2D eigenvalue weighted by Crippen LogP contribution is 2.31. The Morgan fingerprint density at radius 2 is 1.80 bits per heavy atom. The molecule has 2 aromatic carbocycles. The van der Waals surface area contributed by atoms with Crippen molar-refractivity contribution in [1.29, 1.82) is 0 Å². The monoisotopic (exact) mass is 397 g/mol. The van der Waals surface area contributed by atoms with Gasteiger partial charge in [-0.3, -0.25) is 0 Å². The third-order valence-corrected chi connectivity index (χ3v) is 4.27. The van der Waals surface area contributed by atoms with E-state index in [0.717, 1.165) is 25.8 Å². The van der Waals surface area contributed by atoms with Gasteiger partial charge >= 0.3 is 0 Å². The largest absolute Gasteiger partial charge is 0.496 e. The van der Waals surface area contributed by atoms with Crippen LogP contribution in [0.25, 0.3) is 0 Å². The Bertz CT molecular complexity index is 611. The van der Waals surface area contributed by atoms with E-state index in [4.69, 9.17) is 10.5 Å². The van der Waals surface area contributed by atoms with Crippen molar-refractivity contribution in [2.45, 2.75) is 18.9 Å². The highest BCUT2D eigenvalue weighted by Gasteiger charge is 2.23. The summed E-state index contributed by atoms with van der Waals surface area (Å²) in [4.78, 5) is 0. The fourth-order valence-corrected chi connectivity index (χ4v) is 3.03. The molecule has 2 nitrogen and oxygen atoms in total. The van der Waals surface area contributed by atoms with Gasteiger partial charge in [-0.2, -0.15) is 0 Å². The molecule has 20 heavy (non-hydrogen) atoms. The Morgan fingerprint density at radius 3 is 2.45 bits per heavy atom. The van der Waals surface area contributed by atoms with Crippen molar-refractivity contribution >= 4 is 31.9 Å². The van der Waals surface area contributed by atoms with Gasteiger partial charge in [-0.05, 0) is 54.8 Å². The quantitative estimate of drug-likeness (QED) is 0.814. The molecular weight excluding hydrogens is 382 g/mol. The summed E-state index contributed by atoms with van der Waals surface area (Å²) in [6, 6.07) is 14.1. The van der Waals surface area contributed by atoms with Crippen LogP contribution in [0.5, 0.6) is 5.75 Å². The molecule has 106 valence electrons. The Morgan fingerprint density at radius 1 is 1.10 bits per heavy atom. The van der Waals surface area contributed by atoms with E-state index >= 15 is 0 Å². The predicted molar refractivity (Wildman–Crippen MR) is 90.1 cm³/mol. The van der Waals surface area contributed by atoms with E-state index in [1.807, 2.05) is 31.2 Å². The summed E-state index contributed by atoms with van der Waals surface area (Å²) in [5, 5.41) is 0. The molecule has 0 aliphatic heterocycles. The van der Waals surface area contributed by atoms with Crippen molar-refractivity contribution in [1.82, 2.24) is 0 Å². The van der Waals surface area contributed by atoms with Gasteiger partial charge < -0.3 is 10.5 Å². The average Bonchev–Trinajstić information content (AvgIpc) is 2.38. The number of hydrogen-bond donors (Lipinski definition) is 1. The molecule has 2 N–H and O–H groups in total. The number of methoxy groups -OCH3 is 1. The second kappa shape index (κ2) is 6.29. The number of rotatable bonds is 4. The van der Waals surface area contributed by atoms with Gasteiger partial charge in [0.05, 0.1) is 7.11 Å². The van der Waals surface area contributed by atoms with Crippen LogP contribution >= 0.6 is 31.9 Å². The molecule has 0 aromatic heterocycles. The van der Waals surface area contributed by atoms with Gasteiger partial charge in [0.15, 0.2) is 0 Å². The lowest BCUT2D eigenvalue weighted by Gasteiger charge is -2.26. The zero-order valence-corrected chi connectivity index (χ0v) is 14.7. The fourth-order valence-electron chi connectivity index (χ4n) is 2.23. The van der Waals surface area contributed by atoms with Gasteiger partial charge in [-0.1, -0.05) is 44.0 Å². The van der Waals surface area contributed by atoms with Crippen LogP contribution in [0.4, 0.5) is 0 Å². The normalized spacial score (nSPS) is 13.8. The Labute approximate surface area is 136 Å². The van der Waals surface area contributed by atoms with E-state index < -0.39 is 5.54 Å². The van der Waals surface area contributed by atoms with E-state index in [-0.39, 0.29) is 0 Å². The summed E-state index contributed by atoms with van der Waals surface area (Å²) in [5.41, 5.74) is 8.24. The molecule has 1 atom stereocenters. The molecule has 0 aliphatic rings. The lowest BCUT2D eigenvalue weighted by atomic mass is 9.86. The fraction of sp³-hybridized carbons (Fsp3) is 0.250. The molecule has 0 heterocycles. The Kier molecular flexibility index (Phi) is 4.89. The lowest BCUT2D eigenvalue weighted by Crippen LogP contribution is -2.35. The smallest absolute Gasteiger partial charge is 0.122 e. The van der Waals surface area contributed by atoms with Crippen LogP contribution in [0, 0.1) is 0 Å². The van der Waals surface area contributed by atoms with Crippen molar-refractivity contribution < 1.29 is 4.74 Å². The first-order chi connectivity index (χ1) is 9.42. The molecule has 4 heteroatoms. The van der Waals surface area contributed by atoms with Crippen molar-refractivity contribution in [3.8, 4) is 5.75 Å². The van der Waals surface area contributed by atoms with Gasteiger partial charge in [0, 0.05) is 14.5 Å². The zero-order valence-electron chi connectivity index (χ0n) is 11.5. The van der Waals surface area contributed by atoms with E-state index in [9.17, 15) is 0 Å². The lowest BCUT2D eigenvalue weighted by molar-refractivity contribution is 0.399. The SMILES string of the molecule is COc1ccc(Br)cc1CC(C)(N)c1cccc(Br)c1. The number of ether oxygens (including phenoxy) is 1. The maximum Gasteiger partial charge on any atom is 0.122 e. The summed E-state index contributed by atoms with van der Waals surface area (Å²) in [6.45, 7) is 2.04. The minimum Gasteiger partial charge on any atom is -0.496 e. The third kappa shape index (κ3) is 3.62. The zero-order chi connectivity index (χ0) is 14.8. The van der Waals surface area contributed by atoms with Crippen LogP contribution in [0.15, 0.2) is 51.4 Å². The molecule has 0 fully saturated rings. The summed E-state index contributed by atoms with van der Waals surface area (Å²) in [6.07, 6.45) is 0.700. The predicted octanol–water partition coefficient (Wildman–Crippen LogP) is 4.64. The molecule has 2 rings (SSSR count). The average molecular weight is 399 g/mol. The highest BCUT2D eigenvalue weighted by molar-refractivity contribution is 9.10. The maximum atomic E-state index is 6.52. The Balaban J connectivity index is 2.35. The third-order valence-electron chi connectivity index (χ3n) is 3.28. The van der Waals surface area contributed by atoms with E-state index in [1.165, 1.54) is 0 Å². The van der Waals surface area contributed by atoms with E-state index in [1.54, 1.807) is 7.11 Å². The number of nitrogens with two attached hydrogens (primary N) is 1. The van der Waals surface area contributed by atoms with Crippen molar-refractivity contribution in [3.05, 3.63) is 62.5 Å². The summed E-state index contributed by atoms with van der Waals surface area (Å²) in [5.74, 6) is 0.861. The standard InChI is InChI=1S/C16H17Br2NO/c1-16(19,12-4-3-5-13(17)9-12)10-11-8-14(18)6-7-15(11)20-2/h3-9H,10,19H2,1-2H3. The first-order valence-electron chi connectivity index (χ1n) is 6.30. The minimum atomic E-state index is -0.460. The van der Waals surface area contributed by atoms with Crippen molar-refractivity contribution in [2.24, 2.45) is 5.73 Å². The van der Waals surface area contributed by atoms with Gasteiger partial charge in [0.25, 0.3) is 0 Å². The Hall–Kier alpha value is -0.840. The molecule has 0 saturated heterocycles. The second-order valence-electron chi connectivity index (χ2n) is 5.06. The number of hydrogen-bond acceptors (Lipinski definition) is 2. The topological polar surface area (TPSA) is 35.2 Å². The first kappa shape index (κ1) is 15.5. The van der Waals surface area contributed by atoms with Crippen LogP contribution in [0.2, 0.25) is 0 Å². The molecule has 0 radical (unpaired) electrons. The molecule has 1 unspecified atom stereocenters. The molecule has 0 amide bonds. The van der Waals surface area contributed by atoms with Gasteiger partial charge in [0.1, 0.15) is 5.75 Å². The van der Waals surface area contributed by atoms with E-state index in [0.29, 0.717) is 6.42 Å². The minimum absolute atomic E-state index is 0.460. The van der Waals surface area contributed by atoms with Crippen molar-refractivity contribution in [2.75, 3.05) is 7.11 Å². The van der Waals surface area contributed by atoms with Crippen LogP contribution < -0.4 is 10.5 Å². The highest BCUT2D eigenvalue weighted by atomic mass is 79.9. The number of halogens is 2. The second-order valence-corrected chi connectivity index (χ2v) is 6.89. The van der Waals surface area contributed by atoms with Crippen LogP contribution in [-0.4, -0.2) is 7.11 Å². The van der Waals surface area contributed by atoms with Gasteiger partial charge in [0.2, 0.25) is 0 Å². The molecule has 0 bridgehead atoms. The van der Waals surface area contributed by atoms with Gasteiger partial charge in [-0.15, -0.1) is 0 Å². The van der Waals surface area contributed by atoms with E-state index in [2.05, 4.69) is 50.1 Å². The number of benzene rings is 2. The first-order valence-corrected chi connectivity index (χ1v) is 7.88. The molecule has 0 spiro atoms. The van der Waals surface area contributed by atoms with Crippen LogP contribution in [0.1, 0.15) is 18.1 Å².